The minimum absolute atomic E-state index is 0.178. The molecule has 0 atom stereocenters. The van der Waals surface area contributed by atoms with Gasteiger partial charge in [0, 0.05) is 5.41 Å². The Bertz CT molecular complexity index is 978. The number of amides is 1. The number of para-hydroxylation sites is 1. The Morgan fingerprint density at radius 1 is 1.12 bits per heavy atom. The second-order valence-electron chi connectivity index (χ2n) is 6.80. The Hall–Kier alpha value is -2.51. The minimum atomic E-state index is -0.544. The summed E-state index contributed by atoms with van der Waals surface area (Å²) in [5.74, 6) is -0.178. The molecule has 0 bridgehead atoms. The summed E-state index contributed by atoms with van der Waals surface area (Å²) < 4.78 is 0. The van der Waals surface area contributed by atoms with Gasteiger partial charge in [-0.1, -0.05) is 50.6 Å². The molecule has 1 amide bonds. The van der Waals surface area contributed by atoms with Crippen molar-refractivity contribution in [3.63, 3.8) is 0 Å². The maximum absolute atomic E-state index is 12.0. The van der Waals surface area contributed by atoms with Crippen LogP contribution < -0.4 is 10.6 Å². The molecule has 0 saturated carbocycles. The summed E-state index contributed by atoms with van der Waals surface area (Å²) in [7, 11) is 0. The van der Waals surface area contributed by atoms with E-state index in [0.717, 1.165) is 5.69 Å². The first kappa shape index (κ1) is 18.3. The monoisotopic (exact) mass is 387 g/mol. The molecule has 2 aromatic carbocycles. The van der Waals surface area contributed by atoms with Crippen LogP contribution >= 0.6 is 23.8 Å². The number of aromatic nitrogens is 3. The number of carbonyl (C=O) groups is 1. The third-order valence-electron chi connectivity index (χ3n) is 3.61. The van der Waals surface area contributed by atoms with Crippen LogP contribution in [0.4, 0.5) is 5.69 Å². The topological polar surface area (TPSA) is 71.8 Å². The molecule has 0 radical (unpaired) electrons. The van der Waals surface area contributed by atoms with E-state index in [1.807, 2.05) is 51.1 Å². The van der Waals surface area contributed by atoms with Crippen molar-refractivity contribution in [2.45, 2.75) is 20.8 Å². The lowest BCUT2D eigenvalue weighted by molar-refractivity contribution is -0.126. The Kier molecular flexibility index (Phi) is 4.93. The van der Waals surface area contributed by atoms with Gasteiger partial charge in [-0.2, -0.15) is 4.80 Å². The predicted molar refractivity (Wildman–Crippen MR) is 108 cm³/mol. The van der Waals surface area contributed by atoms with Gasteiger partial charge in [-0.15, -0.1) is 10.2 Å². The number of hydrogen-bond donors (Lipinski definition) is 2. The summed E-state index contributed by atoms with van der Waals surface area (Å²) in [4.78, 5) is 13.6. The quantitative estimate of drug-likeness (QED) is 0.652. The van der Waals surface area contributed by atoms with Crippen molar-refractivity contribution in [2.24, 2.45) is 5.41 Å². The molecular formula is C18H18ClN5OS. The normalized spacial score (nSPS) is 11.4. The first-order chi connectivity index (χ1) is 12.2. The van der Waals surface area contributed by atoms with Gasteiger partial charge in [0.05, 0.1) is 16.4 Å². The summed E-state index contributed by atoms with van der Waals surface area (Å²) in [5, 5.41) is 15.1. The number of anilines is 1. The maximum Gasteiger partial charge on any atom is 0.231 e. The molecule has 0 saturated heterocycles. The molecule has 134 valence electrons. The van der Waals surface area contributed by atoms with E-state index in [1.165, 1.54) is 0 Å². The molecule has 0 unspecified atom stereocenters. The van der Waals surface area contributed by atoms with E-state index in [4.69, 9.17) is 23.8 Å². The lowest BCUT2D eigenvalue weighted by Gasteiger charge is -2.18. The predicted octanol–water partition coefficient (Wildman–Crippen LogP) is 3.93. The fraction of sp³-hybridized carbons (Fsp3) is 0.222. The molecule has 1 aromatic heterocycles. The van der Waals surface area contributed by atoms with Gasteiger partial charge in [0.2, 0.25) is 5.91 Å². The van der Waals surface area contributed by atoms with E-state index < -0.39 is 5.41 Å². The van der Waals surface area contributed by atoms with Gasteiger partial charge in [0.1, 0.15) is 11.0 Å². The Balaban J connectivity index is 1.84. The number of nitrogens with one attached hydrogen (secondary N) is 2. The lowest BCUT2D eigenvalue weighted by Crippen LogP contribution is -2.41. The average Bonchev–Trinajstić information content (AvgIpc) is 2.97. The second-order valence-corrected chi connectivity index (χ2v) is 7.62. The molecule has 2 N–H and O–H groups in total. The summed E-state index contributed by atoms with van der Waals surface area (Å²) in [6, 6.07) is 13.0. The molecule has 0 aliphatic heterocycles. The van der Waals surface area contributed by atoms with Crippen molar-refractivity contribution in [3.05, 3.63) is 47.5 Å². The van der Waals surface area contributed by atoms with Crippen LogP contribution in [0.1, 0.15) is 20.8 Å². The number of carbonyl (C=O) groups excluding carboxylic acids is 1. The lowest BCUT2D eigenvalue weighted by atomic mass is 9.96. The van der Waals surface area contributed by atoms with E-state index in [2.05, 4.69) is 20.8 Å². The second kappa shape index (κ2) is 7.01. The van der Waals surface area contributed by atoms with Gasteiger partial charge in [-0.25, -0.2) is 0 Å². The van der Waals surface area contributed by atoms with Crippen LogP contribution in [0.3, 0.4) is 0 Å². The number of halogens is 1. The first-order valence-electron chi connectivity index (χ1n) is 7.98. The number of thiocarbonyl (C=S) groups is 1. The van der Waals surface area contributed by atoms with Crippen molar-refractivity contribution in [2.75, 3.05) is 5.32 Å². The summed E-state index contributed by atoms with van der Waals surface area (Å²) in [6.07, 6.45) is 0. The molecule has 6 nitrogen and oxygen atoms in total. The van der Waals surface area contributed by atoms with Crippen LogP contribution in [0.25, 0.3) is 16.7 Å². The van der Waals surface area contributed by atoms with Crippen molar-refractivity contribution >= 4 is 51.6 Å². The van der Waals surface area contributed by atoms with Gasteiger partial charge >= 0.3 is 0 Å². The molecule has 0 aliphatic carbocycles. The van der Waals surface area contributed by atoms with Crippen LogP contribution in [-0.2, 0) is 4.79 Å². The largest absolute Gasteiger partial charge is 0.331 e. The van der Waals surface area contributed by atoms with E-state index in [-0.39, 0.29) is 11.0 Å². The highest BCUT2D eigenvalue weighted by Gasteiger charge is 2.22. The number of benzene rings is 2. The van der Waals surface area contributed by atoms with Crippen molar-refractivity contribution in [1.82, 2.24) is 20.3 Å². The van der Waals surface area contributed by atoms with E-state index in [1.54, 1.807) is 16.9 Å². The van der Waals surface area contributed by atoms with E-state index >= 15 is 0 Å². The molecule has 0 spiro atoms. The zero-order chi connectivity index (χ0) is 18.9. The molecule has 3 aromatic rings. The summed E-state index contributed by atoms with van der Waals surface area (Å²) in [6.45, 7) is 5.43. The van der Waals surface area contributed by atoms with E-state index in [0.29, 0.717) is 21.7 Å². The molecule has 8 heteroatoms. The fourth-order valence-corrected chi connectivity index (χ4v) is 2.56. The van der Waals surface area contributed by atoms with Gasteiger partial charge in [0.25, 0.3) is 0 Å². The zero-order valence-electron chi connectivity index (χ0n) is 14.6. The molecule has 26 heavy (non-hydrogen) atoms. The zero-order valence-corrected chi connectivity index (χ0v) is 16.1. The highest BCUT2D eigenvalue weighted by molar-refractivity contribution is 7.80. The molecule has 3 rings (SSSR count). The van der Waals surface area contributed by atoms with Crippen molar-refractivity contribution < 1.29 is 4.79 Å². The standard InChI is InChI=1S/C18H18ClN5OS/c1-18(2,3)16(25)21-17(26)20-13-10-15-14(9-12(13)19)22-24(23-15)11-7-5-4-6-8-11/h4-10H,1-3H3,(H2,20,21,25,26). The van der Waals surface area contributed by atoms with Gasteiger partial charge < -0.3 is 10.6 Å². The third-order valence-corrected chi connectivity index (χ3v) is 4.13. The van der Waals surface area contributed by atoms with Gasteiger partial charge in [-0.05, 0) is 36.5 Å². The smallest absolute Gasteiger partial charge is 0.231 e. The Morgan fingerprint density at radius 3 is 2.35 bits per heavy atom. The highest BCUT2D eigenvalue weighted by atomic mass is 35.5. The van der Waals surface area contributed by atoms with Crippen molar-refractivity contribution in [1.29, 1.82) is 0 Å². The molecule has 1 heterocycles. The Labute approximate surface area is 161 Å². The SMILES string of the molecule is CC(C)(C)C(=O)NC(=S)Nc1cc2nn(-c3ccccc3)nc2cc1Cl. The average molecular weight is 388 g/mol. The van der Waals surface area contributed by atoms with Crippen LogP contribution in [0.5, 0.6) is 0 Å². The summed E-state index contributed by atoms with van der Waals surface area (Å²) >= 11 is 11.5. The van der Waals surface area contributed by atoms with Crippen molar-refractivity contribution in [3.8, 4) is 5.69 Å². The van der Waals surface area contributed by atoms with Crippen LogP contribution in [0, 0.1) is 5.41 Å². The van der Waals surface area contributed by atoms with Crippen LogP contribution in [-0.4, -0.2) is 26.0 Å². The van der Waals surface area contributed by atoms with Gasteiger partial charge in [0.15, 0.2) is 5.11 Å². The van der Waals surface area contributed by atoms with Crippen LogP contribution in [0.2, 0.25) is 5.02 Å². The van der Waals surface area contributed by atoms with E-state index in [9.17, 15) is 4.79 Å². The minimum Gasteiger partial charge on any atom is -0.331 e. The molecule has 0 fully saturated rings. The van der Waals surface area contributed by atoms with Crippen LogP contribution in [0.15, 0.2) is 42.5 Å². The first-order valence-corrected chi connectivity index (χ1v) is 8.77. The number of hydrogen-bond acceptors (Lipinski definition) is 4. The Morgan fingerprint density at radius 2 is 1.73 bits per heavy atom. The molecular weight excluding hydrogens is 370 g/mol. The highest BCUT2D eigenvalue weighted by Crippen LogP contribution is 2.27. The number of nitrogens with zero attached hydrogens (tertiary/aromatic N) is 3. The third kappa shape index (κ3) is 4.00. The number of rotatable bonds is 2. The summed E-state index contributed by atoms with van der Waals surface area (Å²) in [5.41, 5.74) is 2.18. The maximum atomic E-state index is 12.0. The number of fused-ring (bicyclic) bond motifs is 1. The fourth-order valence-electron chi connectivity index (χ4n) is 2.15. The molecule has 0 aliphatic rings. The van der Waals surface area contributed by atoms with Gasteiger partial charge in [-0.3, -0.25) is 4.79 Å².